The topological polar surface area (TPSA) is 50.4 Å². The molecule has 1 fully saturated rings. The van der Waals surface area contributed by atoms with E-state index in [9.17, 15) is 4.79 Å². The van der Waals surface area contributed by atoms with Crippen molar-refractivity contribution in [3.05, 3.63) is 33.8 Å². The number of carbonyl (C=O) groups excluding carboxylic acids is 1. The van der Waals surface area contributed by atoms with Crippen molar-refractivity contribution in [3.63, 3.8) is 0 Å². The van der Waals surface area contributed by atoms with Crippen molar-refractivity contribution >= 4 is 29.3 Å². The minimum absolute atomic E-state index is 0.111. The first kappa shape index (κ1) is 17.4. The number of halogens is 2. The Morgan fingerprint density at radius 3 is 2.55 bits per heavy atom. The summed E-state index contributed by atoms with van der Waals surface area (Å²) in [4.78, 5) is 11.7. The number of carbonyl (C=O) groups is 1. The maximum Gasteiger partial charge on any atom is 0.407 e. The van der Waals surface area contributed by atoms with Gasteiger partial charge in [0.05, 0.1) is 10.0 Å². The van der Waals surface area contributed by atoms with Gasteiger partial charge in [0.1, 0.15) is 5.60 Å². The van der Waals surface area contributed by atoms with Crippen LogP contribution in [0.15, 0.2) is 18.2 Å². The molecule has 4 nitrogen and oxygen atoms in total. The van der Waals surface area contributed by atoms with Gasteiger partial charge in [0.25, 0.3) is 0 Å². The van der Waals surface area contributed by atoms with E-state index in [1.165, 1.54) is 0 Å². The van der Waals surface area contributed by atoms with E-state index in [2.05, 4.69) is 17.6 Å². The van der Waals surface area contributed by atoms with Crippen LogP contribution in [0, 0.1) is 0 Å². The third kappa shape index (κ3) is 5.04. The normalized spacial score (nSPS) is 22.1. The zero-order valence-corrected chi connectivity index (χ0v) is 14.8. The minimum Gasteiger partial charge on any atom is -0.444 e. The summed E-state index contributed by atoms with van der Waals surface area (Å²) in [5.74, 6) is 0. The monoisotopic (exact) mass is 344 g/mol. The number of amides is 1. The van der Waals surface area contributed by atoms with E-state index in [4.69, 9.17) is 27.9 Å². The molecule has 1 aliphatic rings. The Hall–Kier alpha value is -0.970. The molecule has 2 N–H and O–H groups in total. The second-order valence-electron chi connectivity index (χ2n) is 6.66. The standard InChI is InChI=1S/C16H22Cl2N2O2/c1-9(10-5-6-11(17)12(18)7-10)19-13-8-14(13)20-15(21)22-16(2,3)4/h5-7,9,13-14,19H,8H2,1-4H3,(H,20,21). The van der Waals surface area contributed by atoms with Gasteiger partial charge in [-0.25, -0.2) is 4.79 Å². The Morgan fingerprint density at radius 2 is 1.95 bits per heavy atom. The van der Waals surface area contributed by atoms with E-state index >= 15 is 0 Å². The molecular formula is C16H22Cl2N2O2. The van der Waals surface area contributed by atoms with Crippen LogP contribution in [0.3, 0.4) is 0 Å². The highest BCUT2D eigenvalue weighted by Gasteiger charge is 2.40. The van der Waals surface area contributed by atoms with E-state index in [0.717, 1.165) is 12.0 Å². The van der Waals surface area contributed by atoms with Crippen LogP contribution in [-0.4, -0.2) is 23.8 Å². The van der Waals surface area contributed by atoms with Crippen LogP contribution < -0.4 is 10.6 Å². The lowest BCUT2D eigenvalue weighted by molar-refractivity contribution is 0.0522. The van der Waals surface area contributed by atoms with E-state index in [1.54, 1.807) is 6.07 Å². The molecule has 0 saturated heterocycles. The zero-order valence-electron chi connectivity index (χ0n) is 13.2. The van der Waals surface area contributed by atoms with Crippen LogP contribution >= 0.6 is 23.2 Å². The van der Waals surface area contributed by atoms with Crippen LogP contribution in [0.25, 0.3) is 0 Å². The molecule has 0 aliphatic heterocycles. The van der Waals surface area contributed by atoms with Gasteiger partial charge >= 0.3 is 6.09 Å². The highest BCUT2D eigenvalue weighted by Crippen LogP contribution is 2.29. The zero-order chi connectivity index (χ0) is 16.5. The highest BCUT2D eigenvalue weighted by atomic mass is 35.5. The van der Waals surface area contributed by atoms with Gasteiger partial charge in [-0.05, 0) is 51.8 Å². The molecule has 2 rings (SSSR count). The quantitative estimate of drug-likeness (QED) is 0.855. The molecule has 0 bridgehead atoms. The lowest BCUT2D eigenvalue weighted by Gasteiger charge is -2.20. The fourth-order valence-electron chi connectivity index (χ4n) is 2.20. The van der Waals surface area contributed by atoms with Crippen LogP contribution in [0.5, 0.6) is 0 Å². The summed E-state index contributed by atoms with van der Waals surface area (Å²) >= 11 is 12.0. The van der Waals surface area contributed by atoms with Gasteiger partial charge < -0.3 is 15.4 Å². The molecule has 0 aromatic heterocycles. The SMILES string of the molecule is CC(NC1CC1NC(=O)OC(C)(C)C)c1ccc(Cl)c(Cl)c1. The maximum atomic E-state index is 11.7. The van der Waals surface area contributed by atoms with Gasteiger partial charge in [-0.2, -0.15) is 0 Å². The third-order valence-corrected chi connectivity index (χ3v) is 4.14. The number of benzene rings is 1. The number of alkyl carbamates (subject to hydrolysis) is 1. The Balaban J connectivity index is 1.81. The van der Waals surface area contributed by atoms with Crippen LogP contribution in [-0.2, 0) is 4.74 Å². The van der Waals surface area contributed by atoms with Crippen LogP contribution in [0.1, 0.15) is 45.7 Å². The van der Waals surface area contributed by atoms with Crippen LogP contribution in [0.4, 0.5) is 4.79 Å². The molecule has 3 unspecified atom stereocenters. The first-order valence-corrected chi connectivity index (χ1v) is 8.12. The number of nitrogens with one attached hydrogen (secondary N) is 2. The van der Waals surface area contributed by atoms with Gasteiger partial charge in [0, 0.05) is 18.1 Å². The average Bonchev–Trinajstić information content (AvgIpc) is 3.07. The summed E-state index contributed by atoms with van der Waals surface area (Å²) in [5.41, 5.74) is 0.590. The molecule has 0 radical (unpaired) electrons. The molecule has 22 heavy (non-hydrogen) atoms. The molecule has 1 aliphatic carbocycles. The van der Waals surface area contributed by atoms with Gasteiger partial charge in [-0.1, -0.05) is 29.3 Å². The number of hydrogen-bond acceptors (Lipinski definition) is 3. The molecule has 3 atom stereocenters. The largest absolute Gasteiger partial charge is 0.444 e. The summed E-state index contributed by atoms with van der Waals surface area (Å²) in [6.45, 7) is 7.60. The molecule has 0 spiro atoms. The first-order valence-electron chi connectivity index (χ1n) is 7.36. The summed E-state index contributed by atoms with van der Waals surface area (Å²) in [5, 5.41) is 7.43. The second-order valence-corrected chi connectivity index (χ2v) is 7.47. The van der Waals surface area contributed by atoms with Crippen molar-refractivity contribution in [1.29, 1.82) is 0 Å². The lowest BCUT2D eigenvalue weighted by atomic mass is 10.1. The summed E-state index contributed by atoms with van der Waals surface area (Å²) in [6.07, 6.45) is 0.522. The van der Waals surface area contributed by atoms with Crippen molar-refractivity contribution in [2.24, 2.45) is 0 Å². The fraction of sp³-hybridized carbons (Fsp3) is 0.562. The molecule has 1 saturated carbocycles. The Morgan fingerprint density at radius 1 is 1.27 bits per heavy atom. The van der Waals surface area contributed by atoms with Crippen molar-refractivity contribution < 1.29 is 9.53 Å². The maximum absolute atomic E-state index is 11.7. The van der Waals surface area contributed by atoms with Crippen LogP contribution in [0.2, 0.25) is 10.0 Å². The Kier molecular flexibility index (Phi) is 5.25. The predicted molar refractivity (Wildman–Crippen MR) is 89.6 cm³/mol. The van der Waals surface area contributed by atoms with E-state index in [1.807, 2.05) is 32.9 Å². The van der Waals surface area contributed by atoms with Gasteiger partial charge in [-0.3, -0.25) is 0 Å². The fourth-order valence-corrected chi connectivity index (χ4v) is 2.50. The van der Waals surface area contributed by atoms with Gasteiger partial charge in [0.2, 0.25) is 0 Å². The summed E-state index contributed by atoms with van der Waals surface area (Å²) in [6, 6.07) is 6.09. The number of rotatable bonds is 4. The minimum atomic E-state index is -0.477. The highest BCUT2D eigenvalue weighted by molar-refractivity contribution is 6.42. The van der Waals surface area contributed by atoms with E-state index in [0.29, 0.717) is 10.0 Å². The van der Waals surface area contributed by atoms with Gasteiger partial charge in [0.15, 0.2) is 0 Å². The van der Waals surface area contributed by atoms with Crippen molar-refractivity contribution in [2.75, 3.05) is 0 Å². The third-order valence-electron chi connectivity index (χ3n) is 3.40. The average molecular weight is 345 g/mol. The number of ether oxygens (including phenoxy) is 1. The summed E-state index contributed by atoms with van der Waals surface area (Å²) < 4.78 is 5.25. The molecule has 122 valence electrons. The second kappa shape index (κ2) is 6.65. The van der Waals surface area contributed by atoms with Gasteiger partial charge in [-0.15, -0.1) is 0 Å². The molecule has 1 amide bonds. The number of hydrogen-bond donors (Lipinski definition) is 2. The smallest absolute Gasteiger partial charge is 0.407 e. The molecular weight excluding hydrogens is 323 g/mol. The van der Waals surface area contributed by atoms with E-state index < -0.39 is 5.60 Å². The molecule has 1 aromatic carbocycles. The molecule has 0 heterocycles. The van der Waals surface area contributed by atoms with E-state index in [-0.39, 0.29) is 24.2 Å². The van der Waals surface area contributed by atoms with Crippen molar-refractivity contribution in [2.45, 2.75) is 57.8 Å². The van der Waals surface area contributed by atoms with Crippen molar-refractivity contribution in [1.82, 2.24) is 10.6 Å². The van der Waals surface area contributed by atoms with Crippen molar-refractivity contribution in [3.8, 4) is 0 Å². The molecule has 6 heteroatoms. The summed E-state index contributed by atoms with van der Waals surface area (Å²) in [7, 11) is 0. The Labute approximate surface area is 141 Å². The lowest BCUT2D eigenvalue weighted by Crippen LogP contribution is -2.37. The predicted octanol–water partition coefficient (Wildman–Crippen LogP) is 4.31. The Bertz CT molecular complexity index is 558. The first-order chi connectivity index (χ1) is 10.2. The molecule has 1 aromatic rings.